The minimum absolute atomic E-state index is 0.311. The first-order valence-electron chi connectivity index (χ1n) is 7.25. The molecule has 0 aromatic heterocycles. The smallest absolute Gasteiger partial charge is 0.265 e. The number of thioether (sulfide) groups is 1. The fourth-order valence-electron chi connectivity index (χ4n) is 1.86. The third-order valence-electron chi connectivity index (χ3n) is 3.17. The average Bonchev–Trinajstić information content (AvgIpc) is 2.53. The molecule has 3 N–H and O–H groups in total. The van der Waals surface area contributed by atoms with Crippen LogP contribution in [0.15, 0.2) is 24.3 Å². The summed E-state index contributed by atoms with van der Waals surface area (Å²) < 4.78 is 5.65. The first-order chi connectivity index (χ1) is 10.2. The molecule has 0 saturated carbocycles. The number of nitrogens with two attached hydrogens (primary N) is 1. The van der Waals surface area contributed by atoms with Crippen LogP contribution in [0.25, 0.3) is 0 Å². The van der Waals surface area contributed by atoms with E-state index in [0.717, 1.165) is 31.1 Å². The van der Waals surface area contributed by atoms with Gasteiger partial charge in [-0.15, -0.1) is 0 Å². The highest BCUT2D eigenvalue weighted by Crippen LogP contribution is 2.13. The van der Waals surface area contributed by atoms with Gasteiger partial charge in [-0.25, -0.2) is 5.84 Å². The van der Waals surface area contributed by atoms with Gasteiger partial charge in [-0.1, -0.05) is 19.9 Å². The van der Waals surface area contributed by atoms with Crippen molar-refractivity contribution in [2.75, 3.05) is 37.7 Å². The Kier molecular flexibility index (Phi) is 8.89. The molecule has 118 valence electrons. The highest BCUT2D eigenvalue weighted by Gasteiger charge is 2.04. The quantitative estimate of drug-likeness (QED) is 0.298. The summed E-state index contributed by atoms with van der Waals surface area (Å²) in [6, 6.07) is 7.03. The van der Waals surface area contributed by atoms with Crippen LogP contribution >= 0.6 is 11.8 Å². The predicted molar refractivity (Wildman–Crippen MR) is 88.7 cm³/mol. The number of nitrogens with one attached hydrogen (secondary N) is 1. The zero-order chi connectivity index (χ0) is 15.5. The SMILES string of the molecule is CCN(CC)CCSCCOc1cccc(C(=O)NN)c1. The number of amides is 1. The molecule has 1 aromatic rings. The van der Waals surface area contributed by atoms with Crippen molar-refractivity contribution in [3.05, 3.63) is 29.8 Å². The number of hydrazine groups is 1. The Morgan fingerprint density at radius 2 is 2.10 bits per heavy atom. The molecule has 0 aliphatic carbocycles. The molecule has 0 bridgehead atoms. The van der Waals surface area contributed by atoms with Crippen molar-refractivity contribution in [2.45, 2.75) is 13.8 Å². The van der Waals surface area contributed by atoms with Crippen LogP contribution in [0.3, 0.4) is 0 Å². The van der Waals surface area contributed by atoms with Gasteiger partial charge in [0, 0.05) is 23.6 Å². The Balaban J connectivity index is 2.22. The van der Waals surface area contributed by atoms with Crippen molar-refractivity contribution in [3.8, 4) is 5.75 Å². The molecule has 0 atom stereocenters. The van der Waals surface area contributed by atoms with E-state index in [4.69, 9.17) is 10.6 Å². The highest BCUT2D eigenvalue weighted by atomic mass is 32.2. The second kappa shape index (κ2) is 10.5. The van der Waals surface area contributed by atoms with Gasteiger partial charge in [0.1, 0.15) is 5.75 Å². The van der Waals surface area contributed by atoms with E-state index in [9.17, 15) is 4.79 Å². The molecule has 0 saturated heterocycles. The summed E-state index contributed by atoms with van der Waals surface area (Å²) in [7, 11) is 0. The van der Waals surface area contributed by atoms with Crippen LogP contribution in [0, 0.1) is 0 Å². The van der Waals surface area contributed by atoms with Crippen molar-refractivity contribution in [1.29, 1.82) is 0 Å². The topological polar surface area (TPSA) is 67.6 Å². The molecule has 1 amide bonds. The van der Waals surface area contributed by atoms with E-state index < -0.39 is 0 Å². The summed E-state index contributed by atoms with van der Waals surface area (Å²) in [6.45, 7) is 8.32. The zero-order valence-corrected chi connectivity index (χ0v) is 13.6. The minimum atomic E-state index is -0.311. The third kappa shape index (κ3) is 6.84. The van der Waals surface area contributed by atoms with Crippen LogP contribution in [0.1, 0.15) is 24.2 Å². The standard InChI is InChI=1S/C15H25N3O2S/c1-3-18(4-2)8-10-21-11-9-20-14-7-5-6-13(12-14)15(19)17-16/h5-7,12H,3-4,8-11,16H2,1-2H3,(H,17,19). The maximum atomic E-state index is 11.4. The molecule has 6 heteroatoms. The highest BCUT2D eigenvalue weighted by molar-refractivity contribution is 7.99. The van der Waals surface area contributed by atoms with E-state index in [1.807, 2.05) is 17.8 Å². The molecule has 0 aliphatic heterocycles. The molecule has 1 rings (SSSR count). The summed E-state index contributed by atoms with van der Waals surface area (Å²) >= 11 is 1.88. The Bertz CT molecular complexity index is 425. The summed E-state index contributed by atoms with van der Waals surface area (Å²) in [5.41, 5.74) is 2.61. The molecule has 0 fully saturated rings. The van der Waals surface area contributed by atoms with E-state index in [-0.39, 0.29) is 5.91 Å². The van der Waals surface area contributed by atoms with Crippen molar-refractivity contribution >= 4 is 17.7 Å². The third-order valence-corrected chi connectivity index (χ3v) is 4.10. The molecule has 0 aliphatic rings. The van der Waals surface area contributed by atoms with E-state index in [2.05, 4.69) is 24.2 Å². The average molecular weight is 311 g/mol. The number of benzene rings is 1. The predicted octanol–water partition coefficient (Wildman–Crippen LogP) is 1.74. The van der Waals surface area contributed by atoms with Crippen LogP contribution < -0.4 is 16.0 Å². The molecule has 0 heterocycles. The molecule has 0 spiro atoms. The van der Waals surface area contributed by atoms with E-state index >= 15 is 0 Å². The number of rotatable bonds is 10. The Morgan fingerprint density at radius 3 is 2.76 bits per heavy atom. The maximum Gasteiger partial charge on any atom is 0.265 e. The van der Waals surface area contributed by atoms with E-state index in [0.29, 0.717) is 17.9 Å². The molecule has 1 aromatic carbocycles. The van der Waals surface area contributed by atoms with Gasteiger partial charge >= 0.3 is 0 Å². The fourth-order valence-corrected chi connectivity index (χ4v) is 2.66. The Morgan fingerprint density at radius 1 is 1.33 bits per heavy atom. The summed E-state index contributed by atoms with van der Waals surface area (Å²) in [6.07, 6.45) is 0. The molecular weight excluding hydrogens is 286 g/mol. The lowest BCUT2D eigenvalue weighted by molar-refractivity contribution is 0.0953. The van der Waals surface area contributed by atoms with Gasteiger partial charge in [-0.2, -0.15) is 11.8 Å². The normalized spacial score (nSPS) is 10.7. The molecule has 21 heavy (non-hydrogen) atoms. The molecule has 0 unspecified atom stereocenters. The number of ether oxygens (including phenoxy) is 1. The van der Waals surface area contributed by atoms with Gasteiger partial charge in [-0.05, 0) is 31.3 Å². The molecule has 5 nitrogen and oxygen atoms in total. The van der Waals surface area contributed by atoms with Gasteiger partial charge in [0.25, 0.3) is 5.91 Å². The van der Waals surface area contributed by atoms with Gasteiger partial charge in [0.05, 0.1) is 6.61 Å². The van der Waals surface area contributed by atoms with Crippen molar-refractivity contribution in [1.82, 2.24) is 10.3 Å². The summed E-state index contributed by atoms with van der Waals surface area (Å²) in [4.78, 5) is 13.8. The zero-order valence-electron chi connectivity index (χ0n) is 12.8. The van der Waals surface area contributed by atoms with Crippen molar-refractivity contribution in [3.63, 3.8) is 0 Å². The molecule has 0 radical (unpaired) electrons. The number of nitrogens with zero attached hydrogens (tertiary/aromatic N) is 1. The van der Waals surface area contributed by atoms with Crippen LogP contribution in [0.5, 0.6) is 5.75 Å². The van der Waals surface area contributed by atoms with Crippen LogP contribution in [-0.4, -0.2) is 48.6 Å². The second-order valence-corrected chi connectivity index (χ2v) is 5.71. The van der Waals surface area contributed by atoms with Gasteiger partial charge < -0.3 is 9.64 Å². The van der Waals surface area contributed by atoms with Crippen molar-refractivity contribution in [2.24, 2.45) is 5.84 Å². The number of hydrogen-bond acceptors (Lipinski definition) is 5. The van der Waals surface area contributed by atoms with E-state index in [1.54, 1.807) is 18.2 Å². The Labute approximate surface area is 131 Å². The number of nitrogen functional groups attached to an aromatic ring is 1. The fraction of sp³-hybridized carbons (Fsp3) is 0.533. The number of hydrogen-bond donors (Lipinski definition) is 2. The summed E-state index contributed by atoms with van der Waals surface area (Å²) in [5, 5.41) is 0. The Hall–Kier alpha value is -1.24. The largest absolute Gasteiger partial charge is 0.493 e. The van der Waals surface area contributed by atoms with E-state index in [1.165, 1.54) is 0 Å². The lowest BCUT2D eigenvalue weighted by Crippen LogP contribution is -2.29. The lowest BCUT2D eigenvalue weighted by Gasteiger charge is -2.17. The number of carbonyl (C=O) groups is 1. The van der Waals surface area contributed by atoms with Crippen LogP contribution in [0.2, 0.25) is 0 Å². The maximum absolute atomic E-state index is 11.4. The van der Waals surface area contributed by atoms with Crippen molar-refractivity contribution < 1.29 is 9.53 Å². The molecular formula is C15H25N3O2S. The monoisotopic (exact) mass is 311 g/mol. The van der Waals surface area contributed by atoms with Gasteiger partial charge in [0.2, 0.25) is 0 Å². The van der Waals surface area contributed by atoms with Crippen LogP contribution in [0.4, 0.5) is 0 Å². The minimum Gasteiger partial charge on any atom is -0.493 e. The number of carbonyl (C=O) groups excluding carboxylic acids is 1. The first kappa shape index (κ1) is 17.8. The first-order valence-corrected chi connectivity index (χ1v) is 8.40. The second-order valence-electron chi connectivity index (χ2n) is 4.49. The van der Waals surface area contributed by atoms with Gasteiger partial charge in [-0.3, -0.25) is 10.2 Å². The van der Waals surface area contributed by atoms with Gasteiger partial charge in [0.15, 0.2) is 0 Å². The summed E-state index contributed by atoms with van der Waals surface area (Å²) in [5.74, 6) is 7.54. The van der Waals surface area contributed by atoms with Crippen LogP contribution in [-0.2, 0) is 0 Å². The lowest BCUT2D eigenvalue weighted by atomic mass is 10.2.